The van der Waals surface area contributed by atoms with Gasteiger partial charge < -0.3 is 0 Å². The summed E-state index contributed by atoms with van der Waals surface area (Å²) in [6, 6.07) is 4.01. The molecule has 0 aliphatic heterocycles. The zero-order chi connectivity index (χ0) is 17.9. The summed E-state index contributed by atoms with van der Waals surface area (Å²) in [5.41, 5.74) is 3.71. The molecule has 0 aromatic carbocycles. The molecule has 0 bridgehead atoms. The van der Waals surface area contributed by atoms with Crippen LogP contribution in [0.4, 0.5) is 0 Å². The van der Waals surface area contributed by atoms with Gasteiger partial charge in [-0.3, -0.25) is 0 Å². The Kier molecular flexibility index (Phi) is 18.0. The Hall–Kier alpha value is 0.127. The normalized spacial score (nSPS) is 11.3. The summed E-state index contributed by atoms with van der Waals surface area (Å²) in [5, 5.41) is 0. The molecule has 0 N–H and O–H groups in total. The van der Waals surface area contributed by atoms with Crippen molar-refractivity contribution >= 4 is 19.8 Å². The van der Waals surface area contributed by atoms with Crippen molar-refractivity contribution in [2.45, 2.75) is 116 Å². The highest BCUT2D eigenvalue weighted by Crippen LogP contribution is 2.19. The van der Waals surface area contributed by atoms with E-state index in [-0.39, 0.29) is 0 Å². The van der Waals surface area contributed by atoms with Crippen molar-refractivity contribution in [3.8, 4) is 11.5 Å². The molecule has 0 nitrogen and oxygen atoms in total. The maximum absolute atomic E-state index is 3.71. The smallest absolute Gasteiger partial charge is 0.137 e. The van der Waals surface area contributed by atoms with E-state index in [1.54, 1.807) is 0 Å². The first-order chi connectivity index (χ1) is 11.7. The molecule has 0 aliphatic rings. The number of rotatable bonds is 16. The Morgan fingerprint density at radius 3 is 1.54 bits per heavy atom. The van der Waals surface area contributed by atoms with E-state index in [1.807, 2.05) is 0 Å². The molecule has 24 heavy (non-hydrogen) atoms. The highest BCUT2D eigenvalue weighted by Gasteiger charge is 2.23. The van der Waals surface area contributed by atoms with Crippen molar-refractivity contribution in [2.75, 3.05) is 11.5 Å². The largest absolute Gasteiger partial charge is 0.162 e. The van der Waals surface area contributed by atoms with Crippen LogP contribution in [0.15, 0.2) is 0 Å². The SMILES string of the molecule is CCSCCCCCCCCCCCCC#C[Si](CC)(CC)CC. The lowest BCUT2D eigenvalue weighted by Gasteiger charge is -2.20. The quantitative estimate of drug-likeness (QED) is 0.151. The molecular formula is C22H44SSi. The Balaban J connectivity index is 3.37. The van der Waals surface area contributed by atoms with Crippen molar-refractivity contribution in [3.63, 3.8) is 0 Å². The second-order valence-corrected chi connectivity index (χ2v) is 13.5. The summed E-state index contributed by atoms with van der Waals surface area (Å²) >= 11 is 2.09. The van der Waals surface area contributed by atoms with Crippen molar-refractivity contribution in [2.24, 2.45) is 0 Å². The molecule has 0 fully saturated rings. The standard InChI is InChI=1S/C22H44SSi/c1-5-23-21-19-17-15-13-11-9-10-12-14-16-18-20-22-24(6-2,7-3)8-4/h5-19,21H2,1-4H3. The van der Waals surface area contributed by atoms with Crippen LogP contribution in [-0.4, -0.2) is 19.6 Å². The number of thioether (sulfide) groups is 1. The van der Waals surface area contributed by atoms with Crippen LogP contribution < -0.4 is 0 Å². The fourth-order valence-electron chi connectivity index (χ4n) is 3.24. The molecule has 0 saturated carbocycles. The Morgan fingerprint density at radius 2 is 1.08 bits per heavy atom. The van der Waals surface area contributed by atoms with E-state index in [1.165, 1.54) is 93.8 Å². The Labute approximate surface area is 159 Å². The van der Waals surface area contributed by atoms with E-state index in [2.05, 4.69) is 50.9 Å². The predicted octanol–water partition coefficient (Wildman–Crippen LogP) is 8.08. The van der Waals surface area contributed by atoms with Gasteiger partial charge in [-0.05, 0) is 42.5 Å². The summed E-state index contributed by atoms with van der Waals surface area (Å²) in [6.45, 7) is 9.29. The van der Waals surface area contributed by atoms with Crippen molar-refractivity contribution < 1.29 is 0 Å². The van der Waals surface area contributed by atoms with Crippen molar-refractivity contribution in [1.82, 2.24) is 0 Å². The average Bonchev–Trinajstić information content (AvgIpc) is 2.62. The average molecular weight is 369 g/mol. The minimum Gasteiger partial charge on any atom is -0.162 e. The molecule has 0 unspecified atom stereocenters. The molecule has 0 rings (SSSR count). The van der Waals surface area contributed by atoms with Crippen LogP contribution in [0.25, 0.3) is 0 Å². The zero-order valence-electron chi connectivity index (χ0n) is 17.2. The summed E-state index contributed by atoms with van der Waals surface area (Å²) in [6.07, 6.45) is 15.4. The van der Waals surface area contributed by atoms with E-state index in [9.17, 15) is 0 Å². The molecule has 0 radical (unpaired) electrons. The van der Waals surface area contributed by atoms with E-state index >= 15 is 0 Å². The molecule has 0 atom stereocenters. The fraction of sp³-hybridized carbons (Fsp3) is 0.909. The lowest BCUT2D eigenvalue weighted by atomic mass is 10.1. The maximum Gasteiger partial charge on any atom is 0.137 e. The van der Waals surface area contributed by atoms with Crippen molar-refractivity contribution in [3.05, 3.63) is 0 Å². The molecule has 0 heterocycles. The van der Waals surface area contributed by atoms with Gasteiger partial charge in [0.05, 0.1) is 0 Å². The third-order valence-electron chi connectivity index (χ3n) is 5.43. The van der Waals surface area contributed by atoms with Gasteiger partial charge in [0.2, 0.25) is 0 Å². The Morgan fingerprint density at radius 1 is 0.625 bits per heavy atom. The zero-order valence-corrected chi connectivity index (χ0v) is 19.0. The second kappa shape index (κ2) is 17.9. The van der Waals surface area contributed by atoms with E-state index < -0.39 is 8.07 Å². The molecular weight excluding hydrogens is 324 g/mol. The molecule has 0 spiro atoms. The third-order valence-corrected chi connectivity index (χ3v) is 11.2. The van der Waals surface area contributed by atoms with Crippen LogP contribution in [0.2, 0.25) is 18.1 Å². The molecule has 142 valence electrons. The van der Waals surface area contributed by atoms with Crippen LogP contribution in [0.3, 0.4) is 0 Å². The van der Waals surface area contributed by atoms with Gasteiger partial charge in [-0.2, -0.15) is 11.8 Å². The molecule has 0 aliphatic carbocycles. The first kappa shape index (κ1) is 24.1. The fourth-order valence-corrected chi connectivity index (χ4v) is 6.47. The van der Waals surface area contributed by atoms with Gasteiger partial charge in [-0.25, -0.2) is 0 Å². The van der Waals surface area contributed by atoms with Gasteiger partial charge in [0.1, 0.15) is 8.07 Å². The monoisotopic (exact) mass is 368 g/mol. The highest BCUT2D eigenvalue weighted by molar-refractivity contribution is 7.99. The first-order valence-corrected chi connectivity index (χ1v) is 14.6. The minimum atomic E-state index is -1.18. The van der Waals surface area contributed by atoms with Crippen LogP contribution in [-0.2, 0) is 0 Å². The van der Waals surface area contributed by atoms with Crippen LogP contribution in [0, 0.1) is 11.5 Å². The minimum absolute atomic E-state index is 1.14. The van der Waals surface area contributed by atoms with E-state index in [0.717, 1.165) is 6.42 Å². The van der Waals surface area contributed by atoms with Crippen LogP contribution >= 0.6 is 11.8 Å². The van der Waals surface area contributed by atoms with Crippen LogP contribution in [0.5, 0.6) is 0 Å². The van der Waals surface area contributed by atoms with Gasteiger partial charge in [0.25, 0.3) is 0 Å². The van der Waals surface area contributed by atoms with Gasteiger partial charge in [0, 0.05) is 6.42 Å². The summed E-state index contributed by atoms with van der Waals surface area (Å²) in [5.74, 6) is 6.18. The molecule has 0 aromatic heterocycles. The van der Waals surface area contributed by atoms with Gasteiger partial charge in [0.15, 0.2) is 0 Å². The number of unbranched alkanes of at least 4 members (excludes halogenated alkanes) is 10. The molecule has 2 heteroatoms. The van der Waals surface area contributed by atoms with E-state index in [4.69, 9.17) is 0 Å². The molecule has 0 aromatic rings. The summed E-state index contributed by atoms with van der Waals surface area (Å²) in [4.78, 5) is 0. The molecule has 0 saturated heterocycles. The maximum atomic E-state index is 3.71. The third kappa shape index (κ3) is 13.4. The predicted molar refractivity (Wildman–Crippen MR) is 119 cm³/mol. The number of hydrogen-bond acceptors (Lipinski definition) is 1. The van der Waals surface area contributed by atoms with Gasteiger partial charge in [-0.15, -0.1) is 11.5 Å². The first-order valence-electron chi connectivity index (χ1n) is 10.8. The lowest BCUT2D eigenvalue weighted by molar-refractivity contribution is 0.559. The second-order valence-electron chi connectivity index (χ2n) is 7.13. The molecule has 0 amide bonds. The number of hydrogen-bond donors (Lipinski definition) is 0. The van der Waals surface area contributed by atoms with E-state index in [0.29, 0.717) is 0 Å². The van der Waals surface area contributed by atoms with Gasteiger partial charge >= 0.3 is 0 Å². The lowest BCUT2D eigenvalue weighted by Crippen LogP contribution is -2.29. The topological polar surface area (TPSA) is 0 Å². The highest BCUT2D eigenvalue weighted by atomic mass is 32.2. The summed E-state index contributed by atoms with van der Waals surface area (Å²) < 4.78 is 0. The summed E-state index contributed by atoms with van der Waals surface area (Å²) in [7, 11) is -1.18. The Bertz CT molecular complexity index is 303. The van der Waals surface area contributed by atoms with Gasteiger partial charge in [-0.1, -0.05) is 79.1 Å². The van der Waals surface area contributed by atoms with Crippen molar-refractivity contribution in [1.29, 1.82) is 0 Å². The van der Waals surface area contributed by atoms with Crippen LogP contribution in [0.1, 0.15) is 98.3 Å².